The van der Waals surface area contributed by atoms with E-state index >= 15 is 0 Å². The number of rotatable bonds is 6. The predicted molar refractivity (Wildman–Crippen MR) is 78.8 cm³/mol. The normalized spacial score (nSPS) is 11.0. The van der Waals surface area contributed by atoms with Crippen LogP contribution < -0.4 is 10.6 Å². The number of esters is 1. The van der Waals surface area contributed by atoms with E-state index in [2.05, 4.69) is 10.6 Å². The lowest BCUT2D eigenvalue weighted by Gasteiger charge is -2.22. The molecule has 0 aliphatic rings. The average Bonchev–Trinajstić information content (AvgIpc) is 2.45. The van der Waals surface area contributed by atoms with Gasteiger partial charge in [0.25, 0.3) is 0 Å². The molecule has 5 nitrogen and oxygen atoms in total. The number of hydrogen-bond acceptors (Lipinski definition) is 4. The summed E-state index contributed by atoms with van der Waals surface area (Å²) in [4.78, 5) is 23.6. The molecule has 20 heavy (non-hydrogen) atoms. The van der Waals surface area contributed by atoms with Crippen LogP contribution in [-0.2, 0) is 9.53 Å². The Morgan fingerprint density at radius 3 is 2.30 bits per heavy atom. The van der Waals surface area contributed by atoms with E-state index in [1.807, 2.05) is 6.92 Å². The van der Waals surface area contributed by atoms with Gasteiger partial charge in [-0.25, -0.2) is 4.79 Å². The molecule has 0 atom stereocenters. The standard InChI is InChI=1S/C15H22N2O3/c1-5-10-20-13(18)11-6-8-12(9-7-11)17-14(19)15(2,3)16-4/h6-9,16H,5,10H2,1-4H3,(H,17,19). The number of likely N-dealkylation sites (N-methyl/N-ethyl adjacent to an activating group) is 1. The Hall–Kier alpha value is -1.88. The third-order valence-corrected chi connectivity index (χ3v) is 3.01. The van der Waals surface area contributed by atoms with Crippen molar-refractivity contribution >= 4 is 17.6 Å². The molecule has 0 saturated carbocycles. The first kappa shape index (κ1) is 16.2. The van der Waals surface area contributed by atoms with Gasteiger partial charge in [0.15, 0.2) is 0 Å². The average molecular weight is 278 g/mol. The Morgan fingerprint density at radius 2 is 1.80 bits per heavy atom. The summed E-state index contributed by atoms with van der Waals surface area (Å²) in [5.74, 6) is -0.485. The summed E-state index contributed by atoms with van der Waals surface area (Å²) in [5, 5.41) is 5.72. The number of hydrogen-bond donors (Lipinski definition) is 2. The van der Waals surface area contributed by atoms with Gasteiger partial charge in [0.2, 0.25) is 5.91 Å². The summed E-state index contributed by atoms with van der Waals surface area (Å²) < 4.78 is 5.03. The van der Waals surface area contributed by atoms with Gasteiger partial charge < -0.3 is 15.4 Å². The number of carbonyl (C=O) groups excluding carboxylic acids is 2. The molecule has 1 aromatic carbocycles. The van der Waals surface area contributed by atoms with Gasteiger partial charge in [-0.2, -0.15) is 0 Å². The molecule has 1 amide bonds. The lowest BCUT2D eigenvalue weighted by molar-refractivity contribution is -0.121. The molecule has 0 aliphatic heterocycles. The zero-order valence-corrected chi connectivity index (χ0v) is 12.4. The molecule has 0 fully saturated rings. The van der Waals surface area contributed by atoms with Crippen LogP contribution in [0.5, 0.6) is 0 Å². The Kier molecular flexibility index (Phi) is 5.70. The zero-order valence-electron chi connectivity index (χ0n) is 12.4. The molecular formula is C15H22N2O3. The maximum Gasteiger partial charge on any atom is 0.338 e. The van der Waals surface area contributed by atoms with Crippen molar-refractivity contribution in [2.24, 2.45) is 0 Å². The van der Waals surface area contributed by atoms with Crippen molar-refractivity contribution in [2.45, 2.75) is 32.7 Å². The molecule has 0 aliphatic carbocycles. The van der Waals surface area contributed by atoms with Gasteiger partial charge >= 0.3 is 5.97 Å². The largest absolute Gasteiger partial charge is 0.462 e. The van der Waals surface area contributed by atoms with Crippen molar-refractivity contribution < 1.29 is 14.3 Å². The number of carbonyl (C=O) groups is 2. The summed E-state index contributed by atoms with van der Waals surface area (Å²) in [6, 6.07) is 6.65. The van der Waals surface area contributed by atoms with Gasteiger partial charge in [0.05, 0.1) is 17.7 Å². The van der Waals surface area contributed by atoms with Crippen molar-refractivity contribution in [3.8, 4) is 0 Å². The van der Waals surface area contributed by atoms with Crippen LogP contribution in [-0.4, -0.2) is 31.1 Å². The smallest absolute Gasteiger partial charge is 0.338 e. The van der Waals surface area contributed by atoms with Crippen molar-refractivity contribution in [1.82, 2.24) is 5.32 Å². The van der Waals surface area contributed by atoms with Crippen molar-refractivity contribution in [3.05, 3.63) is 29.8 Å². The number of ether oxygens (including phenoxy) is 1. The molecule has 0 spiro atoms. The van der Waals surface area contributed by atoms with Crippen molar-refractivity contribution in [2.75, 3.05) is 19.0 Å². The maximum atomic E-state index is 12.0. The van der Waals surface area contributed by atoms with Gasteiger partial charge in [-0.05, 0) is 51.6 Å². The van der Waals surface area contributed by atoms with Crippen molar-refractivity contribution in [1.29, 1.82) is 0 Å². The molecular weight excluding hydrogens is 256 g/mol. The summed E-state index contributed by atoms with van der Waals surface area (Å²) in [6.45, 7) is 5.93. The molecule has 0 radical (unpaired) electrons. The van der Waals surface area contributed by atoms with Crippen LogP contribution in [0, 0.1) is 0 Å². The molecule has 0 heterocycles. The van der Waals surface area contributed by atoms with Crippen LogP contribution in [0.3, 0.4) is 0 Å². The number of benzene rings is 1. The maximum absolute atomic E-state index is 12.0. The number of nitrogens with one attached hydrogen (secondary N) is 2. The second-order valence-corrected chi connectivity index (χ2v) is 5.04. The van der Waals surface area contributed by atoms with Crippen LogP contribution in [0.15, 0.2) is 24.3 Å². The fraction of sp³-hybridized carbons (Fsp3) is 0.467. The fourth-order valence-corrected chi connectivity index (χ4v) is 1.37. The SMILES string of the molecule is CCCOC(=O)c1ccc(NC(=O)C(C)(C)NC)cc1. The molecule has 0 bridgehead atoms. The lowest BCUT2D eigenvalue weighted by atomic mass is 10.0. The Morgan fingerprint density at radius 1 is 1.20 bits per heavy atom. The minimum absolute atomic E-state index is 0.138. The highest BCUT2D eigenvalue weighted by atomic mass is 16.5. The molecule has 0 saturated heterocycles. The summed E-state index contributed by atoms with van der Waals surface area (Å²) in [5.41, 5.74) is 0.466. The number of anilines is 1. The van der Waals surface area contributed by atoms with Crippen LogP contribution in [0.1, 0.15) is 37.6 Å². The Bertz CT molecular complexity index is 467. The monoisotopic (exact) mass is 278 g/mol. The molecule has 0 aromatic heterocycles. The Balaban J connectivity index is 2.68. The molecule has 110 valence electrons. The van der Waals surface area contributed by atoms with Crippen LogP contribution in [0.4, 0.5) is 5.69 Å². The second kappa shape index (κ2) is 7.05. The quantitative estimate of drug-likeness (QED) is 0.783. The summed E-state index contributed by atoms with van der Waals surface area (Å²) in [6.07, 6.45) is 0.791. The van der Waals surface area contributed by atoms with E-state index < -0.39 is 5.54 Å². The van der Waals surface area contributed by atoms with Crippen LogP contribution in [0.25, 0.3) is 0 Å². The molecule has 1 aromatic rings. The highest BCUT2D eigenvalue weighted by Crippen LogP contribution is 2.13. The predicted octanol–water partition coefficient (Wildman–Crippen LogP) is 2.19. The van der Waals surface area contributed by atoms with E-state index in [4.69, 9.17) is 4.74 Å². The first-order valence-electron chi connectivity index (χ1n) is 6.68. The first-order chi connectivity index (χ1) is 9.40. The summed E-state index contributed by atoms with van der Waals surface area (Å²) >= 11 is 0. The lowest BCUT2D eigenvalue weighted by Crippen LogP contribution is -2.47. The highest BCUT2D eigenvalue weighted by molar-refractivity contribution is 5.98. The van der Waals surface area contributed by atoms with E-state index in [1.54, 1.807) is 45.2 Å². The van der Waals surface area contributed by atoms with E-state index in [0.717, 1.165) is 6.42 Å². The zero-order chi connectivity index (χ0) is 15.2. The summed E-state index contributed by atoms with van der Waals surface area (Å²) in [7, 11) is 1.73. The van der Waals surface area contributed by atoms with Gasteiger partial charge in [0, 0.05) is 5.69 Å². The first-order valence-corrected chi connectivity index (χ1v) is 6.68. The minimum Gasteiger partial charge on any atom is -0.462 e. The van der Waals surface area contributed by atoms with Crippen LogP contribution in [0.2, 0.25) is 0 Å². The third kappa shape index (κ3) is 4.35. The topological polar surface area (TPSA) is 67.4 Å². The van der Waals surface area contributed by atoms with Crippen LogP contribution >= 0.6 is 0 Å². The van der Waals surface area contributed by atoms with E-state index in [1.165, 1.54) is 0 Å². The minimum atomic E-state index is -0.654. The third-order valence-electron chi connectivity index (χ3n) is 3.01. The van der Waals surface area contributed by atoms with Gasteiger partial charge in [0.1, 0.15) is 0 Å². The fourth-order valence-electron chi connectivity index (χ4n) is 1.37. The van der Waals surface area contributed by atoms with Crippen molar-refractivity contribution in [3.63, 3.8) is 0 Å². The van der Waals surface area contributed by atoms with E-state index in [9.17, 15) is 9.59 Å². The molecule has 5 heteroatoms. The highest BCUT2D eigenvalue weighted by Gasteiger charge is 2.25. The Labute approximate surface area is 119 Å². The molecule has 0 unspecified atom stereocenters. The van der Waals surface area contributed by atoms with E-state index in [-0.39, 0.29) is 11.9 Å². The molecule has 2 N–H and O–H groups in total. The van der Waals surface area contributed by atoms with E-state index in [0.29, 0.717) is 17.9 Å². The van der Waals surface area contributed by atoms with Gasteiger partial charge in [-0.1, -0.05) is 6.92 Å². The van der Waals surface area contributed by atoms with Gasteiger partial charge in [-0.3, -0.25) is 4.79 Å². The second-order valence-electron chi connectivity index (χ2n) is 5.04. The number of amides is 1. The molecule has 1 rings (SSSR count). The van der Waals surface area contributed by atoms with Gasteiger partial charge in [-0.15, -0.1) is 0 Å².